The van der Waals surface area contributed by atoms with Gasteiger partial charge in [0.1, 0.15) is 6.61 Å². The number of carbonyl (C=O) groups is 1. The average molecular weight is 567 g/mol. The third kappa shape index (κ3) is 6.16. The molecule has 7 heteroatoms. The van der Waals surface area contributed by atoms with Crippen LogP contribution >= 0.6 is 0 Å². The Morgan fingerprint density at radius 2 is 1.62 bits per heavy atom. The smallest absolute Gasteiger partial charge is 0.410 e. The molecule has 1 N–H and O–H groups in total. The predicted molar refractivity (Wildman–Crippen MR) is 167 cm³/mol. The molecule has 0 bridgehead atoms. The summed E-state index contributed by atoms with van der Waals surface area (Å²) >= 11 is 0. The van der Waals surface area contributed by atoms with Crippen LogP contribution in [0.3, 0.4) is 0 Å². The zero-order valence-corrected chi connectivity index (χ0v) is 24.6. The number of piperidine rings is 2. The number of ether oxygens (including phenoxy) is 1. The molecular formula is C35H42N4O3. The van der Waals surface area contributed by atoms with Crippen LogP contribution in [0.25, 0.3) is 11.0 Å². The van der Waals surface area contributed by atoms with Crippen molar-refractivity contribution in [3.63, 3.8) is 0 Å². The van der Waals surface area contributed by atoms with Crippen LogP contribution < -0.4 is 5.69 Å². The van der Waals surface area contributed by atoms with Gasteiger partial charge in [-0.1, -0.05) is 66.7 Å². The Kier molecular flexibility index (Phi) is 8.47. The van der Waals surface area contributed by atoms with E-state index in [-0.39, 0.29) is 23.2 Å². The highest BCUT2D eigenvalue weighted by atomic mass is 16.6. The van der Waals surface area contributed by atoms with Crippen molar-refractivity contribution in [2.24, 2.45) is 0 Å². The van der Waals surface area contributed by atoms with Crippen LogP contribution in [0.4, 0.5) is 4.79 Å². The number of benzene rings is 3. The van der Waals surface area contributed by atoms with E-state index in [1.807, 2.05) is 45.9 Å². The molecular weight excluding hydrogens is 524 g/mol. The molecule has 6 rings (SSSR count). The Labute approximate surface area is 248 Å². The number of aromatic nitrogens is 2. The number of fused-ring (bicyclic) bond motifs is 1. The van der Waals surface area contributed by atoms with Crippen molar-refractivity contribution in [2.45, 2.75) is 63.5 Å². The number of aromatic amines is 1. The number of hydrogen-bond acceptors (Lipinski definition) is 4. The molecule has 0 unspecified atom stereocenters. The molecule has 1 aromatic heterocycles. The summed E-state index contributed by atoms with van der Waals surface area (Å²) in [7, 11) is 0. The predicted octanol–water partition coefficient (Wildman–Crippen LogP) is 6.43. The lowest BCUT2D eigenvalue weighted by Gasteiger charge is -2.42. The number of nitrogens with zero attached hydrogens (tertiary/aromatic N) is 3. The molecule has 4 aromatic rings. The van der Waals surface area contributed by atoms with Gasteiger partial charge in [0.05, 0.1) is 11.0 Å². The fourth-order valence-electron chi connectivity index (χ4n) is 7.04. The van der Waals surface area contributed by atoms with Crippen LogP contribution in [0.15, 0.2) is 83.7 Å². The molecule has 1 amide bonds. The van der Waals surface area contributed by atoms with Gasteiger partial charge in [-0.2, -0.15) is 0 Å². The Bertz CT molecular complexity index is 1530. The molecule has 7 nitrogen and oxygen atoms in total. The SMILES string of the molecule is Cc1ccc2[nH]c(=O)n(C3CCN(CCCC4(c5ccccc5)CCN(C(=O)OCc5ccccc5)CC4)CC3)c2c1. The number of rotatable bonds is 8. The number of H-pyrrole nitrogens is 1. The van der Waals surface area contributed by atoms with Gasteiger partial charge in [0.15, 0.2) is 0 Å². The highest BCUT2D eigenvalue weighted by Crippen LogP contribution is 2.40. The zero-order chi connectivity index (χ0) is 28.9. The standard InChI is InChI=1S/C35H42N4O3/c1-27-13-14-31-32(25-27)39(33(40)36-31)30-15-21-37(22-16-30)20-8-17-35(29-11-6-3-7-12-29)18-23-38(24-19-35)34(41)42-26-28-9-4-2-5-10-28/h2-7,9-14,25,30H,8,15-24,26H2,1H3,(H,36,40). The second kappa shape index (κ2) is 12.6. The van der Waals surface area contributed by atoms with E-state index < -0.39 is 0 Å². The van der Waals surface area contributed by atoms with Gasteiger partial charge >= 0.3 is 11.8 Å². The molecule has 3 aromatic carbocycles. The van der Waals surface area contributed by atoms with Gasteiger partial charge in [0.25, 0.3) is 0 Å². The van der Waals surface area contributed by atoms with E-state index >= 15 is 0 Å². The maximum absolute atomic E-state index is 12.8. The van der Waals surface area contributed by atoms with E-state index in [1.165, 1.54) is 11.1 Å². The molecule has 0 atom stereocenters. The first kappa shape index (κ1) is 28.3. The van der Waals surface area contributed by atoms with E-state index in [2.05, 4.69) is 59.3 Å². The highest BCUT2D eigenvalue weighted by molar-refractivity contribution is 5.76. The number of imidazole rings is 1. The zero-order valence-electron chi connectivity index (χ0n) is 24.6. The van der Waals surface area contributed by atoms with Crippen molar-refractivity contribution in [3.8, 4) is 0 Å². The number of aryl methyl sites for hydroxylation is 1. The first-order valence-corrected chi connectivity index (χ1v) is 15.5. The second-order valence-electron chi connectivity index (χ2n) is 12.2. The molecule has 0 saturated carbocycles. The fraction of sp³-hybridized carbons (Fsp3) is 0.429. The summed E-state index contributed by atoms with van der Waals surface area (Å²) < 4.78 is 7.62. The Morgan fingerprint density at radius 3 is 2.33 bits per heavy atom. The number of hydrogen-bond donors (Lipinski definition) is 1. The molecule has 2 saturated heterocycles. The summed E-state index contributed by atoms with van der Waals surface area (Å²) in [6.45, 7) is 6.90. The monoisotopic (exact) mass is 566 g/mol. The van der Waals surface area contributed by atoms with Crippen LogP contribution in [0.5, 0.6) is 0 Å². The minimum atomic E-state index is -0.215. The fourth-order valence-corrected chi connectivity index (χ4v) is 7.04. The highest BCUT2D eigenvalue weighted by Gasteiger charge is 2.37. The van der Waals surface area contributed by atoms with E-state index in [9.17, 15) is 9.59 Å². The van der Waals surface area contributed by atoms with Crippen molar-refractivity contribution < 1.29 is 9.53 Å². The van der Waals surface area contributed by atoms with Gasteiger partial charge in [0.2, 0.25) is 0 Å². The van der Waals surface area contributed by atoms with Crippen LogP contribution in [0.2, 0.25) is 0 Å². The first-order valence-electron chi connectivity index (χ1n) is 15.5. The normalized spacial score (nSPS) is 17.9. The van der Waals surface area contributed by atoms with Crippen molar-refractivity contribution in [1.82, 2.24) is 19.4 Å². The van der Waals surface area contributed by atoms with Gasteiger partial charge in [-0.3, -0.25) is 4.57 Å². The Balaban J connectivity index is 1.03. The van der Waals surface area contributed by atoms with E-state index in [4.69, 9.17) is 4.74 Å². The van der Waals surface area contributed by atoms with Gasteiger partial charge in [-0.05, 0) is 86.2 Å². The molecule has 2 aliphatic heterocycles. The van der Waals surface area contributed by atoms with Crippen molar-refractivity contribution in [2.75, 3.05) is 32.7 Å². The van der Waals surface area contributed by atoms with Gasteiger partial charge in [-0.25, -0.2) is 9.59 Å². The summed E-state index contributed by atoms with van der Waals surface area (Å²) in [5.74, 6) is 0. The third-order valence-corrected chi connectivity index (χ3v) is 9.50. The topological polar surface area (TPSA) is 70.6 Å². The lowest BCUT2D eigenvalue weighted by molar-refractivity contribution is 0.0746. The summed E-state index contributed by atoms with van der Waals surface area (Å²) in [4.78, 5) is 33.1. The number of likely N-dealkylation sites (tertiary alicyclic amines) is 2. The van der Waals surface area contributed by atoms with Crippen LogP contribution in [0.1, 0.15) is 61.3 Å². The van der Waals surface area contributed by atoms with Crippen molar-refractivity contribution in [3.05, 3.63) is 106 Å². The van der Waals surface area contributed by atoms with Gasteiger partial charge < -0.3 is 19.5 Å². The molecule has 2 fully saturated rings. The summed E-state index contributed by atoms with van der Waals surface area (Å²) in [5, 5.41) is 0. The maximum Gasteiger partial charge on any atom is 0.410 e. The first-order chi connectivity index (χ1) is 20.5. The molecule has 0 radical (unpaired) electrons. The summed E-state index contributed by atoms with van der Waals surface area (Å²) in [5.41, 5.74) is 5.60. The van der Waals surface area contributed by atoms with E-state index in [1.54, 1.807) is 0 Å². The lowest BCUT2D eigenvalue weighted by atomic mass is 9.70. The largest absolute Gasteiger partial charge is 0.445 e. The molecule has 0 spiro atoms. The average Bonchev–Trinajstić information content (AvgIpc) is 3.36. The molecule has 2 aliphatic rings. The van der Waals surface area contributed by atoms with Crippen LogP contribution in [-0.4, -0.2) is 58.2 Å². The summed E-state index contributed by atoms with van der Waals surface area (Å²) in [6.07, 6.45) is 5.88. The second-order valence-corrected chi connectivity index (χ2v) is 12.2. The minimum absolute atomic E-state index is 0.00847. The molecule has 3 heterocycles. The summed E-state index contributed by atoms with van der Waals surface area (Å²) in [6, 6.07) is 27.2. The molecule has 0 aliphatic carbocycles. The number of carbonyl (C=O) groups excluding carboxylic acids is 1. The minimum Gasteiger partial charge on any atom is -0.445 e. The van der Waals surface area contributed by atoms with Crippen LogP contribution in [0, 0.1) is 6.92 Å². The molecule has 42 heavy (non-hydrogen) atoms. The Hall–Kier alpha value is -3.84. The maximum atomic E-state index is 12.8. The quantitative estimate of drug-likeness (QED) is 0.267. The lowest BCUT2D eigenvalue weighted by Crippen LogP contribution is -2.45. The third-order valence-electron chi connectivity index (χ3n) is 9.50. The van der Waals surface area contributed by atoms with E-state index in [0.29, 0.717) is 19.7 Å². The number of nitrogens with one attached hydrogen (secondary N) is 1. The molecule has 220 valence electrons. The van der Waals surface area contributed by atoms with Crippen LogP contribution in [-0.2, 0) is 16.8 Å². The van der Waals surface area contributed by atoms with Gasteiger partial charge in [-0.15, -0.1) is 0 Å². The Morgan fingerprint density at radius 1 is 0.929 bits per heavy atom. The van der Waals surface area contributed by atoms with E-state index in [0.717, 1.165) is 74.8 Å². The van der Waals surface area contributed by atoms with Gasteiger partial charge in [0, 0.05) is 32.2 Å². The van der Waals surface area contributed by atoms with Crippen molar-refractivity contribution >= 4 is 17.1 Å². The van der Waals surface area contributed by atoms with Crippen molar-refractivity contribution in [1.29, 1.82) is 0 Å². The number of amides is 1.